The summed E-state index contributed by atoms with van der Waals surface area (Å²) in [5.74, 6) is 0. The molecule has 272 valence electrons. The van der Waals surface area contributed by atoms with Crippen molar-refractivity contribution >= 4 is 27.0 Å². The SMILES string of the molecule is CCC1(Cc2cc3c(-c4ccc(C)cc4)cccc3[cH-]2)CCC1.CCC1(Cc2cc3c(-c4ccc(C)cc4)cccc3[cH-]2)CCC1.C[Si](C)=[Zr+2].[Cl-].[Cl-]. The zero-order chi connectivity index (χ0) is 35.3. The summed E-state index contributed by atoms with van der Waals surface area (Å²) in [6.45, 7) is 13.6. The second-order valence-electron chi connectivity index (χ2n) is 15.8. The van der Waals surface area contributed by atoms with Gasteiger partial charge in [0.2, 0.25) is 0 Å². The molecule has 0 aromatic heterocycles. The molecule has 0 amide bonds. The fourth-order valence-electron chi connectivity index (χ4n) is 8.30. The second-order valence-corrected chi connectivity index (χ2v) is 25.2. The number of fused-ring (bicyclic) bond motifs is 2. The van der Waals surface area contributed by atoms with Crippen molar-refractivity contribution in [1.29, 1.82) is 0 Å². The van der Waals surface area contributed by atoms with Crippen molar-refractivity contribution in [2.45, 2.75) is 105 Å². The summed E-state index contributed by atoms with van der Waals surface area (Å²) in [7, 11) is 0. The van der Waals surface area contributed by atoms with Crippen LogP contribution >= 0.6 is 0 Å². The van der Waals surface area contributed by atoms with Crippen LogP contribution in [0.3, 0.4) is 0 Å². The predicted molar refractivity (Wildman–Crippen MR) is 217 cm³/mol. The number of rotatable bonds is 8. The molecule has 8 rings (SSSR count). The average Bonchev–Trinajstić information content (AvgIpc) is 3.68. The summed E-state index contributed by atoms with van der Waals surface area (Å²) in [4.78, 5) is 0. The number of halogens is 2. The average molecular weight is 823 g/mol. The van der Waals surface area contributed by atoms with Crippen LogP contribution in [0, 0.1) is 24.7 Å². The summed E-state index contributed by atoms with van der Waals surface area (Å²) in [6.07, 6.45) is 13.6. The second kappa shape index (κ2) is 18.9. The number of hydrogen-bond donors (Lipinski definition) is 0. The van der Waals surface area contributed by atoms with Gasteiger partial charge in [0.1, 0.15) is 0 Å². The van der Waals surface area contributed by atoms with E-state index in [9.17, 15) is 0 Å². The van der Waals surface area contributed by atoms with Crippen LogP contribution in [0.25, 0.3) is 43.8 Å². The first kappa shape index (κ1) is 42.5. The minimum absolute atomic E-state index is 0. The van der Waals surface area contributed by atoms with Gasteiger partial charge in [0.15, 0.2) is 0 Å². The van der Waals surface area contributed by atoms with Crippen molar-refractivity contribution in [3.8, 4) is 22.3 Å². The van der Waals surface area contributed by atoms with Crippen LogP contribution in [-0.4, -0.2) is 5.43 Å². The summed E-state index contributed by atoms with van der Waals surface area (Å²) >= 11 is 1.74. The van der Waals surface area contributed by atoms with Gasteiger partial charge in [0.25, 0.3) is 0 Å². The largest absolute Gasteiger partial charge is 1.00 e. The van der Waals surface area contributed by atoms with E-state index in [1.165, 1.54) is 130 Å². The molecule has 52 heavy (non-hydrogen) atoms. The van der Waals surface area contributed by atoms with Gasteiger partial charge in [-0.25, -0.2) is 0 Å². The van der Waals surface area contributed by atoms with Crippen LogP contribution in [0.1, 0.15) is 87.5 Å². The van der Waals surface area contributed by atoms with Crippen LogP contribution in [0.4, 0.5) is 0 Å². The van der Waals surface area contributed by atoms with E-state index < -0.39 is 0 Å². The van der Waals surface area contributed by atoms with E-state index >= 15 is 0 Å². The van der Waals surface area contributed by atoms with Gasteiger partial charge in [-0.1, -0.05) is 122 Å². The van der Waals surface area contributed by atoms with Crippen molar-refractivity contribution < 1.29 is 48.1 Å². The fourth-order valence-corrected chi connectivity index (χ4v) is 8.30. The molecule has 2 aliphatic carbocycles. The Hall–Kier alpha value is -2.22. The molecule has 6 aromatic carbocycles. The van der Waals surface area contributed by atoms with Gasteiger partial charge >= 0.3 is 41.9 Å². The van der Waals surface area contributed by atoms with Crippen LogP contribution < -0.4 is 24.8 Å². The molecule has 0 heterocycles. The van der Waals surface area contributed by atoms with E-state index in [0.29, 0.717) is 10.8 Å². The Morgan fingerprint density at radius 3 is 1.21 bits per heavy atom. The number of hydrogen-bond acceptors (Lipinski definition) is 0. The van der Waals surface area contributed by atoms with E-state index in [4.69, 9.17) is 0 Å². The normalized spacial score (nSPS) is 15.1. The monoisotopic (exact) mass is 820 g/mol. The van der Waals surface area contributed by atoms with Crippen molar-refractivity contribution in [3.63, 3.8) is 0 Å². The molecule has 2 fully saturated rings. The number of benzene rings is 4. The maximum atomic E-state index is 2.44. The molecule has 0 bridgehead atoms. The van der Waals surface area contributed by atoms with Crippen molar-refractivity contribution in [2.24, 2.45) is 10.8 Å². The third-order valence-corrected chi connectivity index (χ3v) is 11.8. The Morgan fingerprint density at radius 1 is 0.577 bits per heavy atom. The summed E-state index contributed by atoms with van der Waals surface area (Å²) in [5.41, 5.74) is 12.5. The van der Waals surface area contributed by atoms with Crippen LogP contribution in [0.2, 0.25) is 13.1 Å². The maximum absolute atomic E-state index is 2.44. The topological polar surface area (TPSA) is 0 Å². The van der Waals surface area contributed by atoms with E-state index in [1.807, 2.05) is 0 Å². The molecule has 2 saturated carbocycles. The summed E-state index contributed by atoms with van der Waals surface area (Å²) < 4.78 is 0. The molecule has 4 heteroatoms. The molecule has 0 nitrogen and oxygen atoms in total. The minimum Gasteiger partial charge on any atom is -1.00 e. The van der Waals surface area contributed by atoms with Gasteiger partial charge in [-0.05, 0) is 74.3 Å². The summed E-state index contributed by atoms with van der Waals surface area (Å²) in [5, 5.41) is 5.61. The van der Waals surface area contributed by atoms with Gasteiger partial charge in [-0.15, -0.1) is 69.1 Å². The molecule has 0 spiro atoms. The van der Waals surface area contributed by atoms with Crippen molar-refractivity contribution in [2.75, 3.05) is 0 Å². The Balaban J connectivity index is 0.000000204. The molecule has 0 aliphatic heterocycles. The van der Waals surface area contributed by atoms with E-state index in [0.717, 1.165) is 0 Å². The van der Waals surface area contributed by atoms with Gasteiger partial charge in [-0.3, -0.25) is 0 Å². The quantitative estimate of drug-likeness (QED) is 0.108. The smallest absolute Gasteiger partial charge is 1.00 e. The minimum atomic E-state index is 0. The summed E-state index contributed by atoms with van der Waals surface area (Å²) in [6, 6.07) is 41.0. The molecular formula is C48H56Cl2SiZr-2. The van der Waals surface area contributed by atoms with E-state index in [2.05, 4.69) is 150 Å². The molecule has 0 saturated heterocycles. The number of aryl methyl sites for hydroxylation is 2. The third kappa shape index (κ3) is 10.1. The molecule has 6 aromatic rings. The van der Waals surface area contributed by atoms with Crippen LogP contribution in [0.15, 0.2) is 109 Å². The maximum Gasteiger partial charge on any atom is -1.00 e. The van der Waals surface area contributed by atoms with Gasteiger partial charge < -0.3 is 24.8 Å². The molecule has 0 radical (unpaired) electrons. The van der Waals surface area contributed by atoms with Gasteiger partial charge in [0.05, 0.1) is 0 Å². The van der Waals surface area contributed by atoms with Gasteiger partial charge in [0, 0.05) is 0 Å². The van der Waals surface area contributed by atoms with E-state index in [-0.39, 0.29) is 30.2 Å². The van der Waals surface area contributed by atoms with E-state index in [1.54, 1.807) is 23.3 Å². The first-order chi connectivity index (χ1) is 24.1. The first-order valence-corrected chi connectivity index (χ1v) is 25.3. The standard InChI is InChI=1S/2C23H25.C2H6Si.2ClH.Zr/c2*1-3-23(12-5-13-23)16-18-14-20-6-4-7-21(22(20)15-18)19-10-8-17(2)9-11-19;1-3-2;;;/h2*4,6-11,14-15H,3,5,12-13,16H2,1-2H3;1-2H3;2*1H;/q2*-1;;;;+2/p-2. The third-order valence-electron chi connectivity index (χ3n) is 11.8. The first-order valence-electron chi connectivity index (χ1n) is 19.1. The van der Waals surface area contributed by atoms with Crippen LogP contribution in [0.5, 0.6) is 0 Å². The fraction of sp³-hybridized carbons (Fsp3) is 0.375. The Kier molecular flexibility index (Phi) is 15.4. The molecule has 2 aliphatic rings. The Labute approximate surface area is 342 Å². The van der Waals surface area contributed by atoms with Crippen molar-refractivity contribution in [3.05, 3.63) is 131 Å². The Bertz CT molecular complexity index is 1880. The molecule has 0 unspecified atom stereocenters. The van der Waals surface area contributed by atoms with Gasteiger partial charge in [-0.2, -0.15) is 12.1 Å². The molecular weight excluding hydrogens is 767 g/mol. The zero-order valence-electron chi connectivity index (χ0n) is 32.2. The predicted octanol–water partition coefficient (Wildman–Crippen LogP) is 8.11. The molecule has 0 atom stereocenters. The Morgan fingerprint density at radius 2 is 0.923 bits per heavy atom. The zero-order valence-corrected chi connectivity index (χ0v) is 37.2. The van der Waals surface area contributed by atoms with Crippen LogP contribution in [-0.2, 0) is 36.2 Å². The van der Waals surface area contributed by atoms with Crippen molar-refractivity contribution in [1.82, 2.24) is 0 Å². The molecule has 0 N–H and O–H groups in total.